The van der Waals surface area contributed by atoms with E-state index >= 15 is 0 Å². The molecular weight excluding hydrogens is 284 g/mol. The van der Waals surface area contributed by atoms with Gasteiger partial charge in [-0.3, -0.25) is 0 Å². The van der Waals surface area contributed by atoms with Crippen LogP contribution in [0.25, 0.3) is 11.1 Å². The quantitative estimate of drug-likeness (QED) is 0.760. The van der Waals surface area contributed by atoms with Crippen molar-refractivity contribution >= 4 is 5.97 Å². The monoisotopic (exact) mass is 302 g/mol. The molecule has 0 aliphatic heterocycles. The van der Waals surface area contributed by atoms with Gasteiger partial charge in [-0.2, -0.15) is 0 Å². The molecule has 0 amide bonds. The molecule has 0 fully saturated rings. The summed E-state index contributed by atoms with van der Waals surface area (Å²) in [6.07, 6.45) is -1.00. The molecule has 5 heteroatoms. The lowest BCUT2D eigenvalue weighted by atomic mass is 10.0. The number of aliphatic hydroxyl groups is 2. The van der Waals surface area contributed by atoms with E-state index in [-0.39, 0.29) is 12.2 Å². The van der Waals surface area contributed by atoms with Crippen molar-refractivity contribution in [3.05, 3.63) is 53.6 Å². The summed E-state index contributed by atoms with van der Waals surface area (Å²) in [5, 5.41) is 27.3. The standard InChI is InChI=1S/C17H18O5/c1-11-2-4-12(5-3-11)13-6-14(17(20)21)8-16(7-13)22-10-15(19)9-18/h2-8,15,18-19H,9-10H2,1H3,(H,20,21). The van der Waals surface area contributed by atoms with E-state index in [1.165, 1.54) is 6.07 Å². The Balaban J connectivity index is 2.34. The van der Waals surface area contributed by atoms with Gasteiger partial charge in [0.2, 0.25) is 0 Å². The van der Waals surface area contributed by atoms with Crippen LogP contribution < -0.4 is 4.74 Å². The summed E-state index contributed by atoms with van der Waals surface area (Å²) >= 11 is 0. The van der Waals surface area contributed by atoms with E-state index in [1.807, 2.05) is 31.2 Å². The van der Waals surface area contributed by atoms with Gasteiger partial charge in [0.15, 0.2) is 0 Å². The van der Waals surface area contributed by atoms with Crippen molar-refractivity contribution in [3.63, 3.8) is 0 Å². The lowest BCUT2D eigenvalue weighted by molar-refractivity contribution is 0.0535. The minimum absolute atomic E-state index is 0.103. The number of carbonyl (C=O) groups is 1. The topological polar surface area (TPSA) is 87.0 Å². The van der Waals surface area contributed by atoms with Gasteiger partial charge >= 0.3 is 5.97 Å². The first-order chi connectivity index (χ1) is 10.5. The number of rotatable bonds is 6. The van der Waals surface area contributed by atoms with Crippen molar-refractivity contribution in [3.8, 4) is 16.9 Å². The van der Waals surface area contributed by atoms with Crippen LogP contribution in [0.3, 0.4) is 0 Å². The van der Waals surface area contributed by atoms with Gasteiger partial charge in [-0.05, 0) is 36.2 Å². The van der Waals surface area contributed by atoms with Crippen LogP contribution in [0.4, 0.5) is 0 Å². The number of aliphatic hydroxyl groups excluding tert-OH is 2. The molecule has 1 unspecified atom stereocenters. The number of benzene rings is 2. The first-order valence-corrected chi connectivity index (χ1v) is 6.86. The number of hydrogen-bond acceptors (Lipinski definition) is 4. The fourth-order valence-electron chi connectivity index (χ4n) is 1.96. The van der Waals surface area contributed by atoms with E-state index in [0.717, 1.165) is 11.1 Å². The Kier molecular flexibility index (Phi) is 5.14. The fraction of sp³-hybridized carbons (Fsp3) is 0.235. The maximum absolute atomic E-state index is 11.2. The highest BCUT2D eigenvalue weighted by Gasteiger charge is 2.11. The normalized spacial score (nSPS) is 12.0. The minimum Gasteiger partial charge on any atom is -0.491 e. The maximum Gasteiger partial charge on any atom is 0.335 e. The van der Waals surface area contributed by atoms with E-state index < -0.39 is 18.7 Å². The molecule has 0 aromatic heterocycles. The third kappa shape index (κ3) is 4.07. The summed E-state index contributed by atoms with van der Waals surface area (Å²) in [6, 6.07) is 12.4. The molecule has 116 valence electrons. The molecule has 2 aromatic carbocycles. The predicted molar refractivity (Wildman–Crippen MR) is 82.2 cm³/mol. The predicted octanol–water partition coefficient (Wildman–Crippen LogP) is 2.09. The smallest absolute Gasteiger partial charge is 0.335 e. The van der Waals surface area contributed by atoms with Crippen LogP contribution in [0.1, 0.15) is 15.9 Å². The summed E-state index contributed by atoms with van der Waals surface area (Å²) in [5.41, 5.74) is 2.81. The first kappa shape index (κ1) is 16.0. The summed E-state index contributed by atoms with van der Waals surface area (Å²) in [7, 11) is 0. The van der Waals surface area contributed by atoms with Crippen LogP contribution in [0, 0.1) is 6.92 Å². The summed E-state index contributed by atoms with van der Waals surface area (Å²) < 4.78 is 5.36. The van der Waals surface area contributed by atoms with Gasteiger partial charge in [0, 0.05) is 0 Å². The summed E-state index contributed by atoms with van der Waals surface area (Å²) in [4.78, 5) is 11.2. The van der Waals surface area contributed by atoms with E-state index in [9.17, 15) is 15.0 Å². The van der Waals surface area contributed by atoms with Crippen molar-refractivity contribution in [2.75, 3.05) is 13.2 Å². The van der Waals surface area contributed by atoms with E-state index in [1.54, 1.807) is 12.1 Å². The molecule has 2 rings (SSSR count). The SMILES string of the molecule is Cc1ccc(-c2cc(OCC(O)CO)cc(C(=O)O)c2)cc1. The molecule has 22 heavy (non-hydrogen) atoms. The molecule has 0 aliphatic rings. The average molecular weight is 302 g/mol. The maximum atomic E-state index is 11.2. The number of ether oxygens (including phenoxy) is 1. The number of aromatic carboxylic acids is 1. The number of hydrogen-bond donors (Lipinski definition) is 3. The van der Waals surface area contributed by atoms with Crippen molar-refractivity contribution < 1.29 is 24.9 Å². The molecule has 3 N–H and O–H groups in total. The molecule has 5 nitrogen and oxygen atoms in total. The van der Waals surface area contributed by atoms with Crippen LogP contribution in [-0.2, 0) is 0 Å². The highest BCUT2D eigenvalue weighted by Crippen LogP contribution is 2.26. The molecule has 0 heterocycles. The Morgan fingerprint density at radius 3 is 2.41 bits per heavy atom. The third-order valence-electron chi connectivity index (χ3n) is 3.19. The van der Waals surface area contributed by atoms with Crippen molar-refractivity contribution in [1.29, 1.82) is 0 Å². The van der Waals surface area contributed by atoms with Crippen LogP contribution in [0.15, 0.2) is 42.5 Å². The van der Waals surface area contributed by atoms with Crippen LogP contribution in [0.5, 0.6) is 5.75 Å². The second-order valence-corrected chi connectivity index (χ2v) is 5.06. The molecular formula is C17H18O5. The second kappa shape index (κ2) is 7.06. The van der Waals surface area contributed by atoms with Gasteiger partial charge in [0.25, 0.3) is 0 Å². The number of carboxylic acids is 1. The second-order valence-electron chi connectivity index (χ2n) is 5.06. The lowest BCUT2D eigenvalue weighted by Gasteiger charge is -2.12. The van der Waals surface area contributed by atoms with Gasteiger partial charge < -0.3 is 20.1 Å². The van der Waals surface area contributed by atoms with E-state index in [0.29, 0.717) is 11.3 Å². The molecule has 2 aromatic rings. The molecule has 0 spiro atoms. The van der Waals surface area contributed by atoms with Crippen molar-refractivity contribution in [2.45, 2.75) is 13.0 Å². The molecule has 0 radical (unpaired) electrons. The van der Waals surface area contributed by atoms with Crippen LogP contribution in [-0.4, -0.2) is 40.6 Å². The third-order valence-corrected chi connectivity index (χ3v) is 3.19. The van der Waals surface area contributed by atoms with Gasteiger partial charge in [-0.1, -0.05) is 29.8 Å². The van der Waals surface area contributed by atoms with Crippen LogP contribution >= 0.6 is 0 Å². The highest BCUT2D eigenvalue weighted by atomic mass is 16.5. The van der Waals surface area contributed by atoms with Gasteiger partial charge in [0.1, 0.15) is 18.5 Å². The molecule has 1 atom stereocenters. The van der Waals surface area contributed by atoms with E-state index in [2.05, 4.69) is 0 Å². The number of carboxylic acid groups (broad SMARTS) is 1. The van der Waals surface area contributed by atoms with Gasteiger partial charge in [-0.15, -0.1) is 0 Å². The van der Waals surface area contributed by atoms with Crippen molar-refractivity contribution in [2.24, 2.45) is 0 Å². The zero-order valence-corrected chi connectivity index (χ0v) is 12.2. The largest absolute Gasteiger partial charge is 0.491 e. The van der Waals surface area contributed by atoms with Gasteiger partial charge in [0.05, 0.1) is 12.2 Å². The Labute approximate surface area is 128 Å². The highest BCUT2D eigenvalue weighted by molar-refractivity contribution is 5.90. The fourth-order valence-corrected chi connectivity index (χ4v) is 1.96. The van der Waals surface area contributed by atoms with E-state index in [4.69, 9.17) is 9.84 Å². The minimum atomic E-state index is -1.05. The zero-order valence-electron chi connectivity index (χ0n) is 12.2. The Bertz CT molecular complexity index is 649. The molecule has 0 aliphatic carbocycles. The molecule has 0 bridgehead atoms. The Morgan fingerprint density at radius 2 is 1.82 bits per heavy atom. The average Bonchev–Trinajstić information content (AvgIpc) is 2.52. The lowest BCUT2D eigenvalue weighted by Crippen LogP contribution is -2.21. The first-order valence-electron chi connectivity index (χ1n) is 6.86. The van der Waals surface area contributed by atoms with Crippen LogP contribution in [0.2, 0.25) is 0 Å². The molecule has 0 saturated carbocycles. The summed E-state index contributed by atoms with van der Waals surface area (Å²) in [6.45, 7) is 1.46. The Morgan fingerprint density at radius 1 is 1.14 bits per heavy atom. The summed E-state index contributed by atoms with van der Waals surface area (Å²) in [5.74, 6) is -0.718. The zero-order chi connectivity index (χ0) is 16.1. The number of aryl methyl sites for hydroxylation is 1. The van der Waals surface area contributed by atoms with Crippen molar-refractivity contribution in [1.82, 2.24) is 0 Å². The molecule has 0 saturated heterocycles. The Hall–Kier alpha value is -2.37. The van der Waals surface area contributed by atoms with Gasteiger partial charge in [-0.25, -0.2) is 4.79 Å².